The Kier molecular flexibility index (Phi) is 4.96. The Morgan fingerprint density at radius 2 is 1.96 bits per heavy atom. The molecule has 0 aromatic carbocycles. The van der Waals surface area contributed by atoms with E-state index in [1.165, 1.54) is 18.7 Å². The van der Waals surface area contributed by atoms with Gasteiger partial charge in [0.05, 0.1) is 17.9 Å². The summed E-state index contributed by atoms with van der Waals surface area (Å²) in [5.74, 6) is 2.24. The number of hydrogen-bond donors (Lipinski definition) is 1. The van der Waals surface area contributed by atoms with E-state index >= 15 is 0 Å². The lowest BCUT2D eigenvalue weighted by Crippen LogP contribution is -2.48. The van der Waals surface area contributed by atoms with Crippen molar-refractivity contribution in [3.63, 3.8) is 0 Å². The maximum Gasteiger partial charge on any atom is 0.128 e. The first-order chi connectivity index (χ1) is 12.6. The molecule has 0 atom stereocenters. The van der Waals surface area contributed by atoms with Crippen LogP contribution < -0.4 is 10.6 Å². The zero-order valence-electron chi connectivity index (χ0n) is 15.9. The first-order valence-corrected chi connectivity index (χ1v) is 9.76. The first-order valence-electron chi connectivity index (χ1n) is 9.76. The fraction of sp³-hybridized carbons (Fsp3) is 0.600. The van der Waals surface area contributed by atoms with E-state index in [4.69, 9.17) is 15.7 Å². The standard InChI is InChI=1S/C20H30N6/c1-24(18-10-15(21)11-18)12-16-6-5-8-19(22-16)25(2)13-17-14-26-9-4-3-7-20(26)23-17/h5-6,8,14-15,18H,3-4,7,9-13,21H2,1-2H3. The molecule has 1 aliphatic heterocycles. The zero-order valence-corrected chi connectivity index (χ0v) is 15.9. The first kappa shape index (κ1) is 17.5. The molecule has 1 aliphatic carbocycles. The molecule has 0 spiro atoms. The Hall–Kier alpha value is -1.92. The van der Waals surface area contributed by atoms with Crippen molar-refractivity contribution in [3.05, 3.63) is 41.6 Å². The highest BCUT2D eigenvalue weighted by atomic mass is 15.2. The Bertz CT molecular complexity index is 725. The molecule has 0 radical (unpaired) electrons. The third kappa shape index (κ3) is 3.76. The van der Waals surface area contributed by atoms with Crippen molar-refractivity contribution in [3.8, 4) is 0 Å². The molecule has 0 saturated heterocycles. The van der Waals surface area contributed by atoms with Gasteiger partial charge in [-0.05, 0) is 44.9 Å². The monoisotopic (exact) mass is 354 g/mol. The fourth-order valence-electron chi connectivity index (χ4n) is 4.01. The summed E-state index contributed by atoms with van der Waals surface area (Å²) < 4.78 is 2.31. The molecule has 2 aromatic rings. The van der Waals surface area contributed by atoms with Crippen molar-refractivity contribution in [2.75, 3.05) is 19.0 Å². The largest absolute Gasteiger partial charge is 0.354 e. The van der Waals surface area contributed by atoms with Crippen molar-refractivity contribution < 1.29 is 0 Å². The van der Waals surface area contributed by atoms with Gasteiger partial charge in [-0.2, -0.15) is 0 Å². The molecule has 1 saturated carbocycles. The number of anilines is 1. The lowest BCUT2D eigenvalue weighted by atomic mass is 9.86. The molecule has 6 heteroatoms. The fourth-order valence-corrected chi connectivity index (χ4v) is 4.01. The lowest BCUT2D eigenvalue weighted by Gasteiger charge is -2.39. The quantitative estimate of drug-likeness (QED) is 0.861. The minimum atomic E-state index is 0.383. The van der Waals surface area contributed by atoms with Crippen LogP contribution >= 0.6 is 0 Å². The molecule has 6 nitrogen and oxygen atoms in total. The molecule has 1 fully saturated rings. The van der Waals surface area contributed by atoms with Gasteiger partial charge in [0, 0.05) is 44.8 Å². The summed E-state index contributed by atoms with van der Waals surface area (Å²) in [4.78, 5) is 14.2. The average molecular weight is 355 g/mol. The van der Waals surface area contributed by atoms with Crippen LogP contribution in [0.1, 0.15) is 42.9 Å². The topological polar surface area (TPSA) is 63.2 Å². The number of aryl methyl sites for hydroxylation is 2. The summed E-state index contributed by atoms with van der Waals surface area (Å²) in [5, 5.41) is 0. The van der Waals surface area contributed by atoms with Gasteiger partial charge in [-0.3, -0.25) is 4.90 Å². The summed E-state index contributed by atoms with van der Waals surface area (Å²) in [6, 6.07) is 7.28. The van der Waals surface area contributed by atoms with Gasteiger partial charge in [0.15, 0.2) is 0 Å². The number of imidazole rings is 1. The smallest absolute Gasteiger partial charge is 0.128 e. The van der Waals surface area contributed by atoms with Crippen molar-refractivity contribution in [1.29, 1.82) is 0 Å². The van der Waals surface area contributed by atoms with Gasteiger partial charge in [0.1, 0.15) is 11.6 Å². The van der Waals surface area contributed by atoms with E-state index in [2.05, 4.69) is 52.9 Å². The number of pyridine rings is 1. The summed E-state index contributed by atoms with van der Waals surface area (Å²) >= 11 is 0. The summed E-state index contributed by atoms with van der Waals surface area (Å²) in [6.45, 7) is 2.78. The van der Waals surface area contributed by atoms with Crippen LogP contribution in [-0.4, -0.2) is 45.6 Å². The van der Waals surface area contributed by atoms with Crippen LogP contribution in [0.5, 0.6) is 0 Å². The highest BCUT2D eigenvalue weighted by molar-refractivity contribution is 5.38. The Morgan fingerprint density at radius 3 is 2.73 bits per heavy atom. The second kappa shape index (κ2) is 7.37. The van der Waals surface area contributed by atoms with Gasteiger partial charge in [-0.1, -0.05) is 6.07 Å². The zero-order chi connectivity index (χ0) is 18.1. The Morgan fingerprint density at radius 1 is 1.12 bits per heavy atom. The van der Waals surface area contributed by atoms with Gasteiger partial charge in [0.2, 0.25) is 0 Å². The van der Waals surface area contributed by atoms with Crippen molar-refractivity contribution in [2.24, 2.45) is 5.73 Å². The summed E-state index contributed by atoms with van der Waals surface area (Å²) in [6.07, 6.45) is 8.04. The van der Waals surface area contributed by atoms with E-state index in [0.29, 0.717) is 12.1 Å². The van der Waals surface area contributed by atoms with Gasteiger partial charge >= 0.3 is 0 Å². The Labute approximate surface area is 156 Å². The molecule has 2 N–H and O–H groups in total. The van der Waals surface area contributed by atoms with Crippen molar-refractivity contribution in [2.45, 2.75) is 63.8 Å². The van der Waals surface area contributed by atoms with Crippen LogP contribution in [0.4, 0.5) is 5.82 Å². The number of aromatic nitrogens is 3. The van der Waals surface area contributed by atoms with E-state index in [1.807, 2.05) is 0 Å². The summed E-state index contributed by atoms with van der Waals surface area (Å²) in [5.41, 5.74) is 8.17. The van der Waals surface area contributed by atoms with Crippen molar-refractivity contribution in [1.82, 2.24) is 19.4 Å². The minimum Gasteiger partial charge on any atom is -0.354 e. The van der Waals surface area contributed by atoms with Gasteiger partial charge in [-0.15, -0.1) is 0 Å². The van der Waals surface area contributed by atoms with E-state index in [1.54, 1.807) is 0 Å². The molecule has 2 aliphatic rings. The molecule has 26 heavy (non-hydrogen) atoms. The van der Waals surface area contributed by atoms with Gasteiger partial charge in [-0.25, -0.2) is 9.97 Å². The second-order valence-corrected chi connectivity index (χ2v) is 7.94. The van der Waals surface area contributed by atoms with Crippen LogP contribution in [0.3, 0.4) is 0 Å². The molecule has 4 rings (SSSR count). The molecule has 2 aromatic heterocycles. The molecular weight excluding hydrogens is 324 g/mol. The molecule has 0 bridgehead atoms. The molecule has 140 valence electrons. The average Bonchev–Trinajstić information content (AvgIpc) is 3.01. The van der Waals surface area contributed by atoms with E-state index in [-0.39, 0.29) is 0 Å². The molecule has 0 amide bonds. The van der Waals surface area contributed by atoms with Crippen LogP contribution in [0, 0.1) is 0 Å². The highest BCUT2D eigenvalue weighted by Crippen LogP contribution is 2.24. The lowest BCUT2D eigenvalue weighted by molar-refractivity contribution is 0.131. The van der Waals surface area contributed by atoms with Crippen molar-refractivity contribution >= 4 is 5.82 Å². The van der Waals surface area contributed by atoms with Gasteiger partial charge < -0.3 is 15.2 Å². The maximum absolute atomic E-state index is 5.92. The van der Waals surface area contributed by atoms with Crippen LogP contribution in [-0.2, 0) is 26.1 Å². The summed E-state index contributed by atoms with van der Waals surface area (Å²) in [7, 11) is 4.27. The number of rotatable bonds is 6. The molecule has 0 unspecified atom stereocenters. The Balaban J connectivity index is 1.39. The maximum atomic E-state index is 5.92. The highest BCUT2D eigenvalue weighted by Gasteiger charge is 2.29. The van der Waals surface area contributed by atoms with Gasteiger partial charge in [0.25, 0.3) is 0 Å². The number of nitrogens with two attached hydrogens (primary N) is 1. The molecular formula is C20H30N6. The van der Waals surface area contributed by atoms with E-state index < -0.39 is 0 Å². The van der Waals surface area contributed by atoms with Crippen LogP contribution in [0.2, 0.25) is 0 Å². The third-order valence-corrected chi connectivity index (χ3v) is 5.73. The third-order valence-electron chi connectivity index (χ3n) is 5.73. The number of hydrogen-bond acceptors (Lipinski definition) is 5. The van der Waals surface area contributed by atoms with Crippen LogP contribution in [0.15, 0.2) is 24.4 Å². The number of fused-ring (bicyclic) bond motifs is 1. The normalized spacial score (nSPS) is 22.2. The predicted octanol–water partition coefficient (Wildman–Crippen LogP) is 2.17. The second-order valence-electron chi connectivity index (χ2n) is 7.94. The molecule has 3 heterocycles. The van der Waals surface area contributed by atoms with E-state index in [0.717, 1.165) is 56.1 Å². The predicted molar refractivity (Wildman–Crippen MR) is 104 cm³/mol. The van der Waals surface area contributed by atoms with E-state index in [9.17, 15) is 0 Å². The number of nitrogens with zero attached hydrogens (tertiary/aromatic N) is 5. The van der Waals surface area contributed by atoms with Crippen LogP contribution in [0.25, 0.3) is 0 Å². The SMILES string of the molecule is CN(Cc1cn2c(n1)CCCC2)c1cccc(CN(C)C2CC(N)C2)n1. The minimum absolute atomic E-state index is 0.383.